The van der Waals surface area contributed by atoms with Gasteiger partial charge in [0, 0.05) is 0 Å². The fraction of sp³-hybridized carbons (Fsp3) is 0.0769. The van der Waals surface area contributed by atoms with E-state index in [-0.39, 0.29) is 22.9 Å². The maximum atomic E-state index is 10.9. The normalized spacial score (nSPS) is 9.60. The fourth-order valence-corrected chi connectivity index (χ4v) is 1.42. The Bertz CT molecular complexity index is 677. The number of nitrogens with zero attached hydrogens (tertiary/aromatic N) is 3. The average Bonchev–Trinajstić information content (AvgIpc) is 2.48. The monoisotopic (exact) mass is 271 g/mol. The summed E-state index contributed by atoms with van der Waals surface area (Å²) in [6.45, 7) is 0. The van der Waals surface area contributed by atoms with Crippen LogP contribution in [0.1, 0.15) is 16.1 Å². The molecule has 1 heterocycles. The molecule has 1 aromatic carbocycles. The molecule has 0 fully saturated rings. The van der Waals surface area contributed by atoms with Crippen molar-refractivity contribution in [2.24, 2.45) is 0 Å². The zero-order chi connectivity index (χ0) is 14.5. The summed E-state index contributed by atoms with van der Waals surface area (Å²) in [5.41, 5.74) is 0.255. The predicted molar refractivity (Wildman–Crippen MR) is 66.8 cm³/mol. The van der Waals surface area contributed by atoms with Gasteiger partial charge < -0.3 is 14.6 Å². The number of aromatic carboxylic acids is 1. The number of hydrogen-bond donors (Lipinski definition) is 1. The lowest BCUT2D eigenvalue weighted by molar-refractivity contribution is 0.0696. The van der Waals surface area contributed by atoms with E-state index in [0.717, 1.165) is 0 Å². The van der Waals surface area contributed by atoms with Crippen molar-refractivity contribution in [2.75, 3.05) is 7.11 Å². The summed E-state index contributed by atoms with van der Waals surface area (Å²) in [6, 6.07) is 6.03. The van der Waals surface area contributed by atoms with E-state index < -0.39 is 5.97 Å². The van der Waals surface area contributed by atoms with Gasteiger partial charge in [-0.05, 0) is 18.2 Å². The summed E-state index contributed by atoms with van der Waals surface area (Å²) < 4.78 is 10.5. The topological polar surface area (TPSA) is 105 Å². The molecule has 100 valence electrons. The second kappa shape index (κ2) is 5.67. The van der Waals surface area contributed by atoms with Crippen molar-refractivity contribution in [1.29, 1.82) is 5.26 Å². The number of carboxylic acids is 1. The van der Waals surface area contributed by atoms with E-state index in [1.165, 1.54) is 37.7 Å². The third-order valence-corrected chi connectivity index (χ3v) is 2.37. The largest absolute Gasteiger partial charge is 0.493 e. The number of carboxylic acid groups (broad SMARTS) is 1. The van der Waals surface area contributed by atoms with Crippen LogP contribution in [0.5, 0.6) is 17.4 Å². The van der Waals surface area contributed by atoms with E-state index in [4.69, 9.17) is 19.8 Å². The highest BCUT2D eigenvalue weighted by Crippen LogP contribution is 2.31. The molecule has 0 aliphatic carbocycles. The number of hydrogen-bond acceptors (Lipinski definition) is 6. The SMILES string of the molecule is COc1cc(C(=O)O)ccc1Oc1cnc(C#N)cn1. The van der Waals surface area contributed by atoms with E-state index in [1.54, 1.807) is 0 Å². The van der Waals surface area contributed by atoms with Gasteiger partial charge in [0.25, 0.3) is 0 Å². The molecule has 1 N–H and O–H groups in total. The number of benzene rings is 1. The molecule has 0 saturated carbocycles. The van der Waals surface area contributed by atoms with Crippen LogP contribution in [0.4, 0.5) is 0 Å². The number of rotatable bonds is 4. The molecule has 0 unspecified atom stereocenters. The van der Waals surface area contributed by atoms with Crippen LogP contribution in [0.2, 0.25) is 0 Å². The second-order valence-electron chi connectivity index (χ2n) is 3.62. The van der Waals surface area contributed by atoms with Gasteiger partial charge in [0.05, 0.1) is 25.1 Å². The van der Waals surface area contributed by atoms with Gasteiger partial charge in [0.1, 0.15) is 6.07 Å². The molecular weight excluding hydrogens is 262 g/mol. The Morgan fingerprint density at radius 3 is 2.65 bits per heavy atom. The maximum absolute atomic E-state index is 10.9. The van der Waals surface area contributed by atoms with Crippen molar-refractivity contribution in [1.82, 2.24) is 9.97 Å². The third kappa shape index (κ3) is 2.81. The van der Waals surface area contributed by atoms with E-state index in [2.05, 4.69) is 9.97 Å². The van der Waals surface area contributed by atoms with Crippen molar-refractivity contribution in [3.05, 3.63) is 41.9 Å². The quantitative estimate of drug-likeness (QED) is 0.904. The lowest BCUT2D eigenvalue weighted by Gasteiger charge is -2.09. The molecule has 0 spiro atoms. The van der Waals surface area contributed by atoms with Crippen LogP contribution < -0.4 is 9.47 Å². The molecule has 0 amide bonds. The Labute approximate surface area is 114 Å². The molecule has 2 aromatic rings. The minimum Gasteiger partial charge on any atom is -0.493 e. The highest BCUT2D eigenvalue weighted by Gasteiger charge is 2.11. The standard InChI is InChI=1S/C13H9N3O4/c1-19-11-4-8(13(17)18)2-3-10(11)20-12-7-15-9(5-14)6-16-12/h2-4,6-7H,1H3,(H,17,18). The van der Waals surface area contributed by atoms with Gasteiger partial charge in [-0.1, -0.05) is 0 Å². The Hall–Kier alpha value is -3.14. The maximum Gasteiger partial charge on any atom is 0.335 e. The van der Waals surface area contributed by atoms with Gasteiger partial charge in [-0.25, -0.2) is 14.8 Å². The number of aromatic nitrogens is 2. The van der Waals surface area contributed by atoms with Gasteiger partial charge in [0.15, 0.2) is 17.2 Å². The van der Waals surface area contributed by atoms with E-state index in [1.807, 2.05) is 6.07 Å². The Morgan fingerprint density at radius 2 is 2.10 bits per heavy atom. The van der Waals surface area contributed by atoms with Gasteiger partial charge in [-0.15, -0.1) is 0 Å². The Morgan fingerprint density at radius 1 is 1.30 bits per heavy atom. The van der Waals surface area contributed by atoms with E-state index in [0.29, 0.717) is 5.75 Å². The summed E-state index contributed by atoms with van der Waals surface area (Å²) >= 11 is 0. The van der Waals surface area contributed by atoms with Crippen molar-refractivity contribution in [3.8, 4) is 23.4 Å². The first-order valence-corrected chi connectivity index (χ1v) is 5.45. The smallest absolute Gasteiger partial charge is 0.335 e. The summed E-state index contributed by atoms with van der Waals surface area (Å²) in [5.74, 6) is -0.328. The fourth-order valence-electron chi connectivity index (χ4n) is 1.42. The molecule has 0 radical (unpaired) electrons. The van der Waals surface area contributed by atoms with Gasteiger partial charge >= 0.3 is 5.97 Å². The summed E-state index contributed by atoms with van der Waals surface area (Å²) in [5, 5.41) is 17.5. The summed E-state index contributed by atoms with van der Waals surface area (Å²) in [7, 11) is 1.40. The molecule has 0 aliphatic heterocycles. The van der Waals surface area contributed by atoms with Crippen LogP contribution in [-0.2, 0) is 0 Å². The molecule has 20 heavy (non-hydrogen) atoms. The van der Waals surface area contributed by atoms with Crippen LogP contribution in [0.3, 0.4) is 0 Å². The molecule has 1 aromatic heterocycles. The molecule has 7 heteroatoms. The molecule has 0 atom stereocenters. The lowest BCUT2D eigenvalue weighted by Crippen LogP contribution is -1.99. The van der Waals surface area contributed by atoms with E-state index in [9.17, 15) is 4.79 Å². The van der Waals surface area contributed by atoms with E-state index >= 15 is 0 Å². The number of carbonyl (C=O) groups is 1. The summed E-state index contributed by atoms with van der Waals surface area (Å²) in [4.78, 5) is 18.6. The first-order chi connectivity index (χ1) is 9.63. The Balaban J connectivity index is 2.28. The predicted octanol–water partition coefficient (Wildman–Crippen LogP) is 1.85. The number of nitriles is 1. The van der Waals surface area contributed by atoms with Crippen molar-refractivity contribution >= 4 is 5.97 Å². The number of methoxy groups -OCH3 is 1. The molecule has 0 saturated heterocycles. The first kappa shape index (κ1) is 13.3. The molecule has 2 rings (SSSR count). The van der Waals surface area contributed by atoms with Crippen LogP contribution in [-0.4, -0.2) is 28.2 Å². The Kier molecular flexibility index (Phi) is 3.77. The molecule has 0 bridgehead atoms. The van der Waals surface area contributed by atoms with Crippen LogP contribution in [0.15, 0.2) is 30.6 Å². The van der Waals surface area contributed by atoms with Crippen LogP contribution in [0.25, 0.3) is 0 Å². The minimum absolute atomic E-state index is 0.0834. The zero-order valence-electron chi connectivity index (χ0n) is 10.4. The van der Waals surface area contributed by atoms with Crippen molar-refractivity contribution in [2.45, 2.75) is 0 Å². The number of ether oxygens (including phenoxy) is 2. The van der Waals surface area contributed by atoms with Crippen molar-refractivity contribution < 1.29 is 19.4 Å². The zero-order valence-corrected chi connectivity index (χ0v) is 10.4. The molecular formula is C13H9N3O4. The average molecular weight is 271 g/mol. The summed E-state index contributed by atoms with van der Waals surface area (Å²) in [6.07, 6.45) is 2.57. The van der Waals surface area contributed by atoms with Crippen molar-refractivity contribution in [3.63, 3.8) is 0 Å². The van der Waals surface area contributed by atoms with Gasteiger partial charge in [-0.3, -0.25) is 0 Å². The highest BCUT2D eigenvalue weighted by molar-refractivity contribution is 5.88. The highest BCUT2D eigenvalue weighted by atomic mass is 16.5. The molecule has 7 nitrogen and oxygen atoms in total. The van der Waals surface area contributed by atoms with Crippen LogP contribution in [0, 0.1) is 11.3 Å². The van der Waals surface area contributed by atoms with Gasteiger partial charge in [-0.2, -0.15) is 5.26 Å². The second-order valence-corrected chi connectivity index (χ2v) is 3.62. The van der Waals surface area contributed by atoms with Gasteiger partial charge in [0.2, 0.25) is 5.88 Å². The molecule has 0 aliphatic rings. The first-order valence-electron chi connectivity index (χ1n) is 5.45. The minimum atomic E-state index is -1.06. The van der Waals surface area contributed by atoms with Crippen LogP contribution >= 0.6 is 0 Å². The third-order valence-electron chi connectivity index (χ3n) is 2.37. The lowest BCUT2D eigenvalue weighted by atomic mass is 10.2.